The molecule has 2 saturated heterocycles. The molecule has 2 aliphatic rings. The number of carbonyl (C=O) groups is 1. The van der Waals surface area contributed by atoms with Gasteiger partial charge in [-0.25, -0.2) is 0 Å². The highest BCUT2D eigenvalue weighted by molar-refractivity contribution is 8.00. The number of rotatable bonds is 4. The predicted molar refractivity (Wildman–Crippen MR) is 78.9 cm³/mol. The van der Waals surface area contributed by atoms with Crippen LogP contribution in [0.5, 0.6) is 5.75 Å². The number of thioether (sulfide) groups is 1. The molecule has 2 atom stereocenters. The molecule has 0 spiro atoms. The molecule has 4 nitrogen and oxygen atoms in total. The van der Waals surface area contributed by atoms with Crippen LogP contribution in [0, 0.1) is 0 Å². The Bertz CT molecular complexity index is 471. The molecule has 20 heavy (non-hydrogen) atoms. The first-order valence-corrected chi connectivity index (χ1v) is 7.99. The van der Waals surface area contributed by atoms with E-state index in [0.717, 1.165) is 30.8 Å². The van der Waals surface area contributed by atoms with Crippen LogP contribution < -0.4 is 4.74 Å². The lowest BCUT2D eigenvalue weighted by molar-refractivity contribution is -0.129. The number of ether oxygens (including phenoxy) is 2. The number of methoxy groups -OCH3 is 1. The zero-order valence-corrected chi connectivity index (χ0v) is 12.4. The Balaban J connectivity index is 1.74. The molecule has 0 bridgehead atoms. The van der Waals surface area contributed by atoms with E-state index >= 15 is 0 Å². The minimum Gasteiger partial charge on any atom is -0.497 e. The van der Waals surface area contributed by atoms with Gasteiger partial charge in [-0.1, -0.05) is 12.1 Å². The molecule has 1 aromatic carbocycles. The second kappa shape index (κ2) is 6.06. The highest BCUT2D eigenvalue weighted by Gasteiger charge is 2.35. The molecule has 2 aliphatic heterocycles. The normalized spacial score (nSPS) is 26.2. The molecule has 0 radical (unpaired) electrons. The lowest BCUT2D eigenvalue weighted by Crippen LogP contribution is -2.35. The van der Waals surface area contributed by atoms with Crippen LogP contribution in [0.1, 0.15) is 23.8 Å². The van der Waals surface area contributed by atoms with Crippen LogP contribution in [0.15, 0.2) is 24.3 Å². The molecule has 3 rings (SSSR count). The molecule has 1 amide bonds. The Kier molecular flexibility index (Phi) is 4.17. The lowest BCUT2D eigenvalue weighted by atomic mass is 10.1. The third kappa shape index (κ3) is 2.79. The highest BCUT2D eigenvalue weighted by atomic mass is 32.2. The summed E-state index contributed by atoms with van der Waals surface area (Å²) in [5.41, 5.74) is 1.15. The Morgan fingerprint density at radius 3 is 2.85 bits per heavy atom. The molecule has 0 saturated carbocycles. The molecule has 0 unspecified atom stereocenters. The summed E-state index contributed by atoms with van der Waals surface area (Å²) in [6.07, 6.45) is 2.37. The van der Waals surface area contributed by atoms with Crippen LogP contribution in [-0.2, 0) is 9.53 Å². The predicted octanol–water partition coefficient (Wildman–Crippen LogP) is 2.45. The number of carbonyl (C=O) groups excluding carboxylic acids is 1. The van der Waals surface area contributed by atoms with Crippen molar-refractivity contribution in [2.24, 2.45) is 0 Å². The summed E-state index contributed by atoms with van der Waals surface area (Å²) < 4.78 is 10.8. The fraction of sp³-hybridized carbons (Fsp3) is 0.533. The van der Waals surface area contributed by atoms with Gasteiger partial charge in [0.1, 0.15) is 11.1 Å². The molecule has 0 aromatic heterocycles. The van der Waals surface area contributed by atoms with E-state index in [-0.39, 0.29) is 17.4 Å². The number of amides is 1. The summed E-state index contributed by atoms with van der Waals surface area (Å²) in [5, 5.41) is 0.109. The molecule has 0 N–H and O–H groups in total. The number of hydrogen-bond acceptors (Lipinski definition) is 4. The summed E-state index contributed by atoms with van der Waals surface area (Å²) >= 11 is 1.69. The van der Waals surface area contributed by atoms with Crippen LogP contribution >= 0.6 is 11.8 Å². The van der Waals surface area contributed by atoms with Crippen LogP contribution in [0.4, 0.5) is 0 Å². The van der Waals surface area contributed by atoms with Gasteiger partial charge >= 0.3 is 0 Å². The molecular formula is C15H19NO3S. The summed E-state index contributed by atoms with van der Waals surface area (Å²) in [7, 11) is 1.66. The quantitative estimate of drug-likeness (QED) is 0.855. The van der Waals surface area contributed by atoms with Crippen LogP contribution in [0.2, 0.25) is 0 Å². The fourth-order valence-electron chi connectivity index (χ4n) is 2.70. The van der Waals surface area contributed by atoms with E-state index in [9.17, 15) is 4.79 Å². The van der Waals surface area contributed by atoms with Gasteiger partial charge in [-0.15, -0.1) is 11.8 Å². The Morgan fingerprint density at radius 1 is 1.40 bits per heavy atom. The maximum atomic E-state index is 12.1. The van der Waals surface area contributed by atoms with Crippen molar-refractivity contribution in [3.05, 3.63) is 29.8 Å². The number of hydrogen-bond donors (Lipinski definition) is 0. The van der Waals surface area contributed by atoms with Gasteiger partial charge in [-0.3, -0.25) is 4.79 Å². The maximum Gasteiger partial charge on any atom is 0.233 e. The first-order valence-electron chi connectivity index (χ1n) is 6.94. The molecule has 0 aliphatic carbocycles. The van der Waals surface area contributed by atoms with Gasteiger partial charge in [0, 0.05) is 13.2 Å². The van der Waals surface area contributed by atoms with Crippen molar-refractivity contribution < 1.29 is 14.3 Å². The zero-order valence-electron chi connectivity index (χ0n) is 11.6. The monoisotopic (exact) mass is 293 g/mol. The molecular weight excluding hydrogens is 274 g/mol. The van der Waals surface area contributed by atoms with Crippen molar-refractivity contribution in [3.63, 3.8) is 0 Å². The molecule has 5 heteroatoms. The van der Waals surface area contributed by atoms with Crippen molar-refractivity contribution in [1.29, 1.82) is 0 Å². The van der Waals surface area contributed by atoms with Gasteiger partial charge in [0.05, 0.1) is 19.0 Å². The SMILES string of the molecule is COc1ccc([C@@H]2SCC(=O)N2C[C@H]2CCCO2)cc1. The topological polar surface area (TPSA) is 38.8 Å². The smallest absolute Gasteiger partial charge is 0.233 e. The van der Waals surface area contributed by atoms with Gasteiger partial charge in [0.15, 0.2) is 0 Å². The van der Waals surface area contributed by atoms with E-state index in [1.54, 1.807) is 18.9 Å². The van der Waals surface area contributed by atoms with Crippen LogP contribution in [0.25, 0.3) is 0 Å². The minimum absolute atomic E-state index is 0.109. The van der Waals surface area contributed by atoms with Crippen LogP contribution in [0.3, 0.4) is 0 Å². The van der Waals surface area contributed by atoms with Crippen molar-refractivity contribution in [3.8, 4) is 5.75 Å². The van der Waals surface area contributed by atoms with Gasteiger partial charge < -0.3 is 14.4 Å². The van der Waals surface area contributed by atoms with Gasteiger partial charge in [-0.2, -0.15) is 0 Å². The van der Waals surface area contributed by atoms with E-state index < -0.39 is 0 Å². The summed E-state index contributed by atoms with van der Waals surface area (Å²) in [5.74, 6) is 1.61. The first-order chi connectivity index (χ1) is 9.78. The second-order valence-electron chi connectivity index (χ2n) is 5.12. The average molecular weight is 293 g/mol. The number of nitrogens with zero attached hydrogens (tertiary/aromatic N) is 1. The minimum atomic E-state index is 0.109. The average Bonchev–Trinajstić information content (AvgIpc) is 3.11. The fourth-order valence-corrected chi connectivity index (χ4v) is 3.90. The van der Waals surface area contributed by atoms with Crippen LogP contribution in [-0.4, -0.2) is 42.9 Å². The maximum absolute atomic E-state index is 12.1. The Labute approximate surface area is 123 Å². The lowest BCUT2D eigenvalue weighted by Gasteiger charge is -2.26. The van der Waals surface area contributed by atoms with Crippen molar-refractivity contribution >= 4 is 17.7 Å². The number of benzene rings is 1. The van der Waals surface area contributed by atoms with E-state index in [1.807, 2.05) is 29.2 Å². The van der Waals surface area contributed by atoms with Crippen molar-refractivity contribution in [2.75, 3.05) is 26.0 Å². The zero-order chi connectivity index (χ0) is 13.9. The Morgan fingerprint density at radius 2 is 2.20 bits per heavy atom. The largest absolute Gasteiger partial charge is 0.497 e. The van der Waals surface area contributed by atoms with Crippen molar-refractivity contribution in [1.82, 2.24) is 4.90 Å². The molecule has 2 fully saturated rings. The molecule has 108 valence electrons. The van der Waals surface area contributed by atoms with Crippen molar-refractivity contribution in [2.45, 2.75) is 24.3 Å². The third-order valence-corrected chi connectivity index (χ3v) is 5.05. The third-order valence-electron chi connectivity index (χ3n) is 3.79. The molecule has 1 aromatic rings. The van der Waals surface area contributed by atoms with Gasteiger partial charge in [-0.05, 0) is 30.5 Å². The second-order valence-corrected chi connectivity index (χ2v) is 6.19. The molecule has 2 heterocycles. The van der Waals surface area contributed by atoms with Gasteiger partial charge in [0.2, 0.25) is 5.91 Å². The van der Waals surface area contributed by atoms with E-state index in [2.05, 4.69) is 0 Å². The van der Waals surface area contributed by atoms with E-state index in [1.165, 1.54) is 0 Å². The summed E-state index contributed by atoms with van der Waals surface area (Å²) in [6.45, 7) is 1.54. The Hall–Kier alpha value is -1.20. The summed E-state index contributed by atoms with van der Waals surface area (Å²) in [4.78, 5) is 14.1. The van der Waals surface area contributed by atoms with Gasteiger partial charge in [0.25, 0.3) is 0 Å². The standard InChI is InChI=1S/C15H19NO3S/c1-18-12-6-4-11(5-7-12)15-16(14(17)10-20-15)9-13-3-2-8-19-13/h4-7,13,15H,2-3,8-10H2,1H3/t13-,15+/m1/s1. The highest BCUT2D eigenvalue weighted by Crippen LogP contribution is 2.39. The first kappa shape index (κ1) is 13.8. The summed E-state index contributed by atoms with van der Waals surface area (Å²) in [6, 6.07) is 7.97. The van der Waals surface area contributed by atoms with E-state index in [0.29, 0.717) is 12.3 Å². The van der Waals surface area contributed by atoms with E-state index in [4.69, 9.17) is 9.47 Å².